The summed E-state index contributed by atoms with van der Waals surface area (Å²) < 4.78 is 4.80. The molecule has 0 atom stereocenters. The van der Waals surface area contributed by atoms with E-state index in [4.69, 9.17) is 10.00 Å². The number of esters is 1. The van der Waals surface area contributed by atoms with E-state index in [9.17, 15) is 9.90 Å². The van der Waals surface area contributed by atoms with Gasteiger partial charge in [0.15, 0.2) is 0 Å². The maximum atomic E-state index is 11.3. The van der Waals surface area contributed by atoms with E-state index in [0.29, 0.717) is 23.1 Å². The van der Waals surface area contributed by atoms with Gasteiger partial charge in [-0.3, -0.25) is 4.79 Å². The van der Waals surface area contributed by atoms with Gasteiger partial charge in [0.2, 0.25) is 0 Å². The van der Waals surface area contributed by atoms with Crippen molar-refractivity contribution in [3.8, 4) is 11.8 Å². The zero-order valence-electron chi connectivity index (χ0n) is 9.36. The van der Waals surface area contributed by atoms with Crippen LogP contribution in [0.1, 0.15) is 23.6 Å². The second-order valence-corrected chi connectivity index (χ2v) is 3.93. The summed E-state index contributed by atoms with van der Waals surface area (Å²) in [5.74, 6) is -0.452. The van der Waals surface area contributed by atoms with Gasteiger partial charge in [-0.15, -0.1) is 0 Å². The van der Waals surface area contributed by atoms with E-state index in [1.807, 2.05) is 6.07 Å². The molecule has 0 bridgehead atoms. The van der Waals surface area contributed by atoms with Crippen LogP contribution in [0.5, 0.6) is 5.75 Å². The lowest BCUT2D eigenvalue weighted by atomic mass is 10.0. The lowest BCUT2D eigenvalue weighted by molar-refractivity contribution is -0.142. The first-order valence-corrected chi connectivity index (χ1v) is 6.21. The van der Waals surface area contributed by atoms with Crippen LogP contribution >= 0.6 is 15.9 Å². The number of hydrogen-bond donors (Lipinski definition) is 1. The molecule has 0 spiro atoms. The number of benzene rings is 1. The van der Waals surface area contributed by atoms with Crippen LogP contribution in [0.2, 0.25) is 0 Å². The summed E-state index contributed by atoms with van der Waals surface area (Å²) in [5.41, 5.74) is 1.61. The fourth-order valence-electron chi connectivity index (χ4n) is 1.41. The Morgan fingerprint density at radius 3 is 2.76 bits per heavy atom. The highest BCUT2D eigenvalue weighted by atomic mass is 79.9. The molecular weight excluding hydrogens is 286 g/mol. The molecule has 1 N–H and O–H groups in total. The average molecular weight is 298 g/mol. The van der Waals surface area contributed by atoms with Crippen LogP contribution in [0.15, 0.2) is 12.1 Å². The van der Waals surface area contributed by atoms with Gasteiger partial charge in [-0.25, -0.2) is 0 Å². The highest BCUT2D eigenvalue weighted by Gasteiger charge is 2.12. The molecule has 0 aliphatic rings. The summed E-state index contributed by atoms with van der Waals surface area (Å²) in [6, 6.07) is 4.99. The summed E-state index contributed by atoms with van der Waals surface area (Å²) >= 11 is 3.26. The van der Waals surface area contributed by atoms with E-state index in [0.717, 1.165) is 5.56 Å². The maximum Gasteiger partial charge on any atom is 0.310 e. The molecule has 0 saturated heterocycles. The van der Waals surface area contributed by atoms with Gasteiger partial charge in [0, 0.05) is 10.9 Å². The molecule has 0 unspecified atom stereocenters. The number of phenols is 1. The van der Waals surface area contributed by atoms with Crippen LogP contribution < -0.4 is 0 Å². The van der Waals surface area contributed by atoms with E-state index in [2.05, 4.69) is 15.9 Å². The van der Waals surface area contributed by atoms with Crippen LogP contribution in [0.25, 0.3) is 0 Å². The number of nitrogens with zero attached hydrogens (tertiary/aromatic N) is 1. The molecule has 0 aromatic heterocycles. The minimum absolute atomic E-state index is 0.00534. The Labute approximate surface area is 108 Å². The average Bonchev–Trinajstić information content (AvgIpc) is 2.31. The zero-order chi connectivity index (χ0) is 12.8. The number of ether oxygens (including phenoxy) is 1. The number of phenolic OH excluding ortho intramolecular Hbond substituents is 1. The van der Waals surface area contributed by atoms with Crippen molar-refractivity contribution in [1.29, 1.82) is 5.26 Å². The standard InChI is InChI=1S/C12H12BrNO3/c1-2-17-12(16)5-8-3-9(6-13)10(7-14)4-11(8)15/h3-4,15H,2,5-6H2,1H3. The third-order valence-corrected chi connectivity index (χ3v) is 2.81. The molecule has 0 amide bonds. The lowest BCUT2D eigenvalue weighted by Gasteiger charge is -2.08. The second-order valence-electron chi connectivity index (χ2n) is 3.37. The molecule has 0 aliphatic heterocycles. The minimum Gasteiger partial charge on any atom is -0.508 e. The van der Waals surface area contributed by atoms with E-state index < -0.39 is 5.97 Å². The van der Waals surface area contributed by atoms with Crippen LogP contribution in [0.4, 0.5) is 0 Å². The van der Waals surface area contributed by atoms with Crippen LogP contribution in [-0.2, 0) is 21.3 Å². The number of carbonyl (C=O) groups is 1. The molecule has 0 aliphatic carbocycles. The van der Waals surface area contributed by atoms with Gasteiger partial charge in [0.1, 0.15) is 5.75 Å². The van der Waals surface area contributed by atoms with Gasteiger partial charge in [0.05, 0.1) is 24.7 Å². The minimum atomic E-state index is -0.395. The number of carbonyl (C=O) groups excluding carboxylic acids is 1. The third-order valence-electron chi connectivity index (χ3n) is 2.21. The molecule has 90 valence electrons. The number of aromatic hydroxyl groups is 1. The molecule has 0 saturated carbocycles. The van der Waals surface area contributed by atoms with E-state index in [-0.39, 0.29) is 12.2 Å². The summed E-state index contributed by atoms with van der Waals surface area (Å²) in [6.07, 6.45) is 0.00534. The van der Waals surface area contributed by atoms with Gasteiger partial charge in [0.25, 0.3) is 0 Å². The molecule has 17 heavy (non-hydrogen) atoms. The predicted octanol–water partition coefficient (Wildman–Crippen LogP) is 2.26. The molecule has 5 heteroatoms. The Hall–Kier alpha value is -1.54. The third kappa shape index (κ3) is 3.46. The van der Waals surface area contributed by atoms with Gasteiger partial charge in [-0.05, 0) is 24.6 Å². The van der Waals surface area contributed by atoms with E-state index in [1.165, 1.54) is 6.07 Å². The SMILES string of the molecule is CCOC(=O)Cc1cc(CBr)c(C#N)cc1O. The Morgan fingerprint density at radius 1 is 1.53 bits per heavy atom. The summed E-state index contributed by atoms with van der Waals surface area (Å²) in [7, 11) is 0. The molecule has 4 nitrogen and oxygen atoms in total. The number of nitriles is 1. The smallest absolute Gasteiger partial charge is 0.310 e. The molecule has 0 fully saturated rings. The normalized spacial score (nSPS) is 9.71. The number of halogens is 1. The van der Waals surface area contributed by atoms with Gasteiger partial charge >= 0.3 is 5.97 Å². The first-order chi connectivity index (χ1) is 8.12. The highest BCUT2D eigenvalue weighted by Crippen LogP contribution is 2.24. The monoisotopic (exact) mass is 297 g/mol. The number of rotatable bonds is 4. The van der Waals surface area contributed by atoms with Crippen molar-refractivity contribution in [3.63, 3.8) is 0 Å². The van der Waals surface area contributed by atoms with Crippen molar-refractivity contribution >= 4 is 21.9 Å². The van der Waals surface area contributed by atoms with Crippen molar-refractivity contribution in [2.75, 3.05) is 6.61 Å². The Morgan fingerprint density at radius 2 is 2.24 bits per heavy atom. The number of alkyl halides is 1. The van der Waals surface area contributed by atoms with Gasteiger partial charge < -0.3 is 9.84 Å². The fraction of sp³-hybridized carbons (Fsp3) is 0.333. The first kappa shape index (κ1) is 13.5. The Bertz CT molecular complexity index is 466. The molecule has 1 aromatic carbocycles. The largest absolute Gasteiger partial charge is 0.508 e. The van der Waals surface area contributed by atoms with Crippen molar-refractivity contribution < 1.29 is 14.6 Å². The summed E-state index contributed by atoms with van der Waals surface area (Å²) in [4.78, 5) is 11.3. The van der Waals surface area contributed by atoms with Crippen LogP contribution in [-0.4, -0.2) is 17.7 Å². The Balaban J connectivity index is 3.01. The fourth-order valence-corrected chi connectivity index (χ4v) is 1.87. The van der Waals surface area contributed by atoms with Crippen molar-refractivity contribution in [1.82, 2.24) is 0 Å². The van der Waals surface area contributed by atoms with Gasteiger partial charge in [-0.1, -0.05) is 15.9 Å². The zero-order valence-corrected chi connectivity index (χ0v) is 11.0. The van der Waals surface area contributed by atoms with Crippen LogP contribution in [0.3, 0.4) is 0 Å². The number of hydrogen-bond acceptors (Lipinski definition) is 4. The van der Waals surface area contributed by atoms with Gasteiger partial charge in [-0.2, -0.15) is 5.26 Å². The van der Waals surface area contributed by atoms with E-state index in [1.54, 1.807) is 13.0 Å². The second kappa shape index (κ2) is 6.26. The van der Waals surface area contributed by atoms with Crippen molar-refractivity contribution in [2.45, 2.75) is 18.7 Å². The molecule has 1 aromatic rings. The van der Waals surface area contributed by atoms with Crippen molar-refractivity contribution in [2.24, 2.45) is 0 Å². The summed E-state index contributed by atoms with van der Waals surface area (Å²) in [6.45, 7) is 2.03. The topological polar surface area (TPSA) is 70.3 Å². The predicted molar refractivity (Wildman–Crippen MR) is 65.8 cm³/mol. The van der Waals surface area contributed by atoms with E-state index >= 15 is 0 Å². The molecule has 1 rings (SSSR count). The first-order valence-electron chi connectivity index (χ1n) is 5.08. The van der Waals surface area contributed by atoms with Crippen molar-refractivity contribution in [3.05, 3.63) is 28.8 Å². The summed E-state index contributed by atoms with van der Waals surface area (Å²) in [5, 5.41) is 19.0. The molecular formula is C12H12BrNO3. The molecule has 0 radical (unpaired) electrons. The lowest BCUT2D eigenvalue weighted by Crippen LogP contribution is -2.08. The molecule has 0 heterocycles. The quantitative estimate of drug-likeness (QED) is 0.684. The maximum absolute atomic E-state index is 11.3. The highest BCUT2D eigenvalue weighted by molar-refractivity contribution is 9.08. The van der Waals surface area contributed by atoms with Crippen LogP contribution in [0, 0.1) is 11.3 Å². The Kier molecular flexibility index (Phi) is 4.98.